The van der Waals surface area contributed by atoms with E-state index >= 15 is 0 Å². The molecular weight excluding hydrogens is 214 g/mol. The Hall–Kier alpha value is 0.310. The first-order valence-corrected chi connectivity index (χ1v) is 8.22. The van der Waals surface area contributed by atoms with Crippen LogP contribution in [0, 0.1) is 17.3 Å². The topological polar surface area (TPSA) is 26.0 Å². The second-order valence-corrected chi connectivity index (χ2v) is 6.87. The Morgan fingerprint density at radius 3 is 2.38 bits per heavy atom. The van der Waals surface area contributed by atoms with Gasteiger partial charge in [-0.05, 0) is 74.3 Å². The molecule has 16 heavy (non-hydrogen) atoms. The van der Waals surface area contributed by atoms with Gasteiger partial charge in [0.25, 0.3) is 0 Å². The Morgan fingerprint density at radius 2 is 1.94 bits per heavy atom. The van der Waals surface area contributed by atoms with Crippen molar-refractivity contribution in [2.75, 3.05) is 18.6 Å². The van der Waals surface area contributed by atoms with Gasteiger partial charge in [0.15, 0.2) is 0 Å². The van der Waals surface area contributed by atoms with Crippen LogP contribution in [0.3, 0.4) is 0 Å². The van der Waals surface area contributed by atoms with Crippen LogP contribution in [0.15, 0.2) is 0 Å². The molecule has 2 N–H and O–H groups in total. The Bertz CT molecular complexity index is 183. The van der Waals surface area contributed by atoms with Gasteiger partial charge in [0, 0.05) is 0 Å². The molecule has 0 radical (unpaired) electrons. The smallest absolute Gasteiger partial charge is 0.00205 e. The molecule has 0 unspecified atom stereocenters. The highest BCUT2D eigenvalue weighted by molar-refractivity contribution is 7.98. The maximum Gasteiger partial charge on any atom is -0.00205 e. The largest absolute Gasteiger partial charge is 0.330 e. The molecule has 2 heteroatoms. The lowest BCUT2D eigenvalue weighted by molar-refractivity contribution is 0.122. The molecule has 96 valence electrons. The number of thioether (sulfide) groups is 1. The van der Waals surface area contributed by atoms with Crippen molar-refractivity contribution in [2.45, 2.75) is 52.4 Å². The summed E-state index contributed by atoms with van der Waals surface area (Å²) in [5.41, 5.74) is 6.54. The Kier molecular flexibility index (Phi) is 6.20. The summed E-state index contributed by atoms with van der Waals surface area (Å²) in [4.78, 5) is 0. The van der Waals surface area contributed by atoms with Crippen molar-refractivity contribution < 1.29 is 0 Å². The normalized spacial score (nSPS) is 30.9. The van der Waals surface area contributed by atoms with Gasteiger partial charge in [-0.2, -0.15) is 11.8 Å². The third-order valence-electron chi connectivity index (χ3n) is 4.52. The highest BCUT2D eigenvalue weighted by Gasteiger charge is 2.34. The fraction of sp³-hybridized carbons (Fsp3) is 1.00. The van der Waals surface area contributed by atoms with E-state index in [1.54, 1.807) is 0 Å². The minimum Gasteiger partial charge on any atom is -0.330 e. The van der Waals surface area contributed by atoms with Crippen molar-refractivity contribution in [2.24, 2.45) is 23.0 Å². The molecule has 0 spiro atoms. The highest BCUT2D eigenvalue weighted by Crippen LogP contribution is 2.43. The van der Waals surface area contributed by atoms with Crippen LogP contribution in [-0.2, 0) is 0 Å². The van der Waals surface area contributed by atoms with E-state index in [1.807, 2.05) is 11.8 Å². The molecule has 1 aliphatic rings. The molecule has 0 aromatic carbocycles. The zero-order valence-electron chi connectivity index (χ0n) is 11.3. The van der Waals surface area contributed by atoms with Crippen LogP contribution in [0.25, 0.3) is 0 Å². The fourth-order valence-corrected chi connectivity index (χ4v) is 3.50. The van der Waals surface area contributed by atoms with Crippen molar-refractivity contribution in [1.29, 1.82) is 0 Å². The highest BCUT2D eigenvalue weighted by atomic mass is 32.2. The molecule has 0 aromatic rings. The van der Waals surface area contributed by atoms with Gasteiger partial charge in [0.1, 0.15) is 0 Å². The third kappa shape index (κ3) is 3.96. The van der Waals surface area contributed by atoms with Crippen molar-refractivity contribution in [3.8, 4) is 0 Å². The van der Waals surface area contributed by atoms with E-state index in [2.05, 4.69) is 20.1 Å². The minimum absolute atomic E-state index is 0.501. The Balaban J connectivity index is 2.38. The van der Waals surface area contributed by atoms with Crippen LogP contribution in [-0.4, -0.2) is 18.6 Å². The molecular formula is C14H29NS. The summed E-state index contributed by atoms with van der Waals surface area (Å²) in [6, 6.07) is 0. The van der Waals surface area contributed by atoms with Gasteiger partial charge in [-0.25, -0.2) is 0 Å². The maximum atomic E-state index is 6.04. The SMILES string of the molecule is CSCCCC1(CN)CCC(C(C)C)CC1. The molecule has 0 saturated heterocycles. The second-order valence-electron chi connectivity index (χ2n) is 5.88. The van der Waals surface area contributed by atoms with Gasteiger partial charge in [0.2, 0.25) is 0 Å². The lowest BCUT2D eigenvalue weighted by Gasteiger charge is -2.41. The average molecular weight is 243 g/mol. The fourth-order valence-electron chi connectivity index (χ4n) is 3.07. The number of rotatable bonds is 6. The molecule has 1 nitrogen and oxygen atoms in total. The van der Waals surface area contributed by atoms with Crippen LogP contribution in [0.5, 0.6) is 0 Å². The van der Waals surface area contributed by atoms with Gasteiger partial charge in [-0.15, -0.1) is 0 Å². The van der Waals surface area contributed by atoms with Gasteiger partial charge in [-0.3, -0.25) is 0 Å². The first-order chi connectivity index (χ1) is 7.63. The molecule has 0 amide bonds. The zero-order valence-corrected chi connectivity index (χ0v) is 12.1. The van der Waals surface area contributed by atoms with Crippen LogP contribution in [0.4, 0.5) is 0 Å². The van der Waals surface area contributed by atoms with Crippen LogP contribution in [0.1, 0.15) is 52.4 Å². The van der Waals surface area contributed by atoms with Gasteiger partial charge in [-0.1, -0.05) is 13.8 Å². The minimum atomic E-state index is 0.501. The summed E-state index contributed by atoms with van der Waals surface area (Å²) in [5, 5.41) is 0. The predicted molar refractivity (Wildman–Crippen MR) is 75.9 cm³/mol. The molecule has 1 saturated carbocycles. The summed E-state index contributed by atoms with van der Waals surface area (Å²) >= 11 is 1.96. The van der Waals surface area contributed by atoms with Crippen molar-refractivity contribution in [3.05, 3.63) is 0 Å². The quantitative estimate of drug-likeness (QED) is 0.716. The first-order valence-electron chi connectivity index (χ1n) is 6.82. The summed E-state index contributed by atoms with van der Waals surface area (Å²) in [6.07, 6.45) is 10.5. The zero-order chi connectivity index (χ0) is 12.0. The predicted octanol–water partition coefficient (Wildman–Crippen LogP) is 3.92. The van der Waals surface area contributed by atoms with Crippen molar-refractivity contribution in [3.63, 3.8) is 0 Å². The van der Waals surface area contributed by atoms with E-state index in [-0.39, 0.29) is 0 Å². The Labute approximate surface area is 106 Å². The van der Waals surface area contributed by atoms with Gasteiger partial charge < -0.3 is 5.73 Å². The van der Waals surface area contributed by atoms with E-state index in [1.165, 1.54) is 44.3 Å². The molecule has 1 rings (SSSR count). The second kappa shape index (κ2) is 6.90. The van der Waals surface area contributed by atoms with Crippen LogP contribution >= 0.6 is 11.8 Å². The standard InChI is InChI=1S/C14H29NS/c1-12(2)13-5-8-14(11-15,9-6-13)7-4-10-16-3/h12-13H,4-11,15H2,1-3H3. The molecule has 0 aliphatic heterocycles. The van der Waals surface area contributed by atoms with Gasteiger partial charge >= 0.3 is 0 Å². The van der Waals surface area contributed by atoms with Crippen LogP contribution < -0.4 is 5.73 Å². The average Bonchev–Trinajstić information content (AvgIpc) is 2.30. The number of hydrogen-bond acceptors (Lipinski definition) is 2. The summed E-state index contributed by atoms with van der Waals surface area (Å²) < 4.78 is 0. The lowest BCUT2D eigenvalue weighted by atomic mass is 9.66. The van der Waals surface area contributed by atoms with Crippen molar-refractivity contribution >= 4 is 11.8 Å². The van der Waals surface area contributed by atoms with E-state index in [0.29, 0.717) is 5.41 Å². The number of hydrogen-bond donors (Lipinski definition) is 1. The lowest BCUT2D eigenvalue weighted by Crippen LogP contribution is -2.36. The van der Waals surface area contributed by atoms with E-state index in [4.69, 9.17) is 5.73 Å². The molecule has 0 bridgehead atoms. The summed E-state index contributed by atoms with van der Waals surface area (Å²) in [7, 11) is 0. The van der Waals surface area contributed by atoms with Crippen LogP contribution in [0.2, 0.25) is 0 Å². The monoisotopic (exact) mass is 243 g/mol. The molecule has 0 atom stereocenters. The Morgan fingerprint density at radius 1 is 1.31 bits per heavy atom. The first kappa shape index (κ1) is 14.4. The summed E-state index contributed by atoms with van der Waals surface area (Å²) in [5.74, 6) is 3.12. The molecule has 1 fully saturated rings. The molecule has 0 aromatic heterocycles. The number of nitrogens with two attached hydrogens (primary N) is 1. The van der Waals surface area contributed by atoms with Crippen molar-refractivity contribution in [1.82, 2.24) is 0 Å². The molecule has 0 heterocycles. The van der Waals surface area contributed by atoms with E-state index in [9.17, 15) is 0 Å². The van der Waals surface area contributed by atoms with E-state index in [0.717, 1.165) is 18.4 Å². The molecule has 1 aliphatic carbocycles. The summed E-state index contributed by atoms with van der Waals surface area (Å²) in [6.45, 7) is 5.65. The third-order valence-corrected chi connectivity index (χ3v) is 5.22. The van der Waals surface area contributed by atoms with E-state index < -0.39 is 0 Å². The maximum absolute atomic E-state index is 6.04. The van der Waals surface area contributed by atoms with Gasteiger partial charge in [0.05, 0.1) is 0 Å².